The van der Waals surface area contributed by atoms with Crippen molar-refractivity contribution in [1.82, 2.24) is 0 Å². The molecule has 0 N–H and O–H groups in total. The molecule has 0 saturated carbocycles. The van der Waals surface area contributed by atoms with E-state index in [1.54, 1.807) is 139 Å². The number of hydrogen-bond acceptors (Lipinski definition) is 0. The van der Waals surface area contributed by atoms with Crippen LogP contribution in [0.2, 0.25) is 0 Å². The number of benzene rings is 7. The van der Waals surface area contributed by atoms with Gasteiger partial charge in [0.1, 0.15) is 0 Å². The molecule has 72 heavy (non-hydrogen) atoms. The molecule has 0 fully saturated rings. The van der Waals surface area contributed by atoms with Crippen molar-refractivity contribution in [3.63, 3.8) is 0 Å². The molecule has 366 valence electrons. The predicted molar refractivity (Wildman–Crippen MR) is 304 cm³/mol. The van der Waals surface area contributed by atoms with Crippen LogP contribution in [-0.4, -0.2) is 0 Å². The van der Waals surface area contributed by atoms with Gasteiger partial charge in [0, 0.05) is 17.8 Å². The third kappa shape index (κ3) is 5.26. The van der Waals surface area contributed by atoms with Crippen molar-refractivity contribution >= 4 is 0 Å². The molecule has 0 bridgehead atoms. The molecule has 6 aliphatic rings. The summed E-state index contributed by atoms with van der Waals surface area (Å²) in [7, 11) is 0. The zero-order valence-corrected chi connectivity index (χ0v) is 48.0. The van der Waals surface area contributed by atoms with Crippen molar-refractivity contribution in [3.05, 3.63) is 234 Å². The lowest BCUT2D eigenvalue weighted by atomic mass is 9.57. The maximum absolute atomic E-state index is 2.62. The molecule has 2 atom stereocenters. The molecule has 7 aromatic carbocycles. The smallest absolute Gasteiger partial charge is 0.0357 e. The Kier molecular flexibility index (Phi) is 9.56. The largest absolute Gasteiger partial charge is 0.0447 e. The molecular formula is C72H78. The summed E-state index contributed by atoms with van der Waals surface area (Å²) in [5, 5.41) is 0. The van der Waals surface area contributed by atoms with Gasteiger partial charge in [0.25, 0.3) is 0 Å². The van der Waals surface area contributed by atoms with Crippen LogP contribution in [0.15, 0.2) is 0 Å². The standard InChI is InChI=1S/C72H78/c1-28-30(3)43(16)61-49(35(28)8)22-51-37(10)32(5)39(12)53-24-57-45(18)59-26-55-41(14)34(7)42(15)56-27-60-46(19)58-25-54-40(13)33(6)38(11)52-23-50-36(9)29(2)31(4)44(17)62(50)71(68(52)54)64(58)48(21)66(60)72(69(55)56)65(59)47(20)63(57)70(61)67(51)53/h70-72H,22-27H2,1-21H3. The minimum absolute atomic E-state index is 0.189. The molecule has 0 amide bonds. The fourth-order valence-electron chi connectivity index (χ4n) is 17.6. The van der Waals surface area contributed by atoms with Crippen molar-refractivity contribution in [2.45, 2.75) is 202 Å². The molecule has 0 aromatic heterocycles. The van der Waals surface area contributed by atoms with Crippen LogP contribution in [0, 0.1) is 145 Å². The van der Waals surface area contributed by atoms with E-state index >= 15 is 0 Å². The molecule has 0 saturated heterocycles. The summed E-state index contributed by atoms with van der Waals surface area (Å²) < 4.78 is 0. The van der Waals surface area contributed by atoms with Crippen molar-refractivity contribution in [1.29, 1.82) is 0 Å². The Bertz CT molecular complexity index is 3560. The molecule has 6 aliphatic carbocycles. The molecule has 0 spiro atoms. The molecule has 7 aromatic rings. The summed E-state index contributed by atoms with van der Waals surface area (Å²) in [5.74, 6) is 0.663. The van der Waals surface area contributed by atoms with E-state index in [4.69, 9.17) is 0 Å². The van der Waals surface area contributed by atoms with Crippen LogP contribution in [0.1, 0.15) is 251 Å². The van der Waals surface area contributed by atoms with Crippen LogP contribution in [0.25, 0.3) is 0 Å². The second kappa shape index (κ2) is 14.9. The monoisotopic (exact) mass is 943 g/mol. The van der Waals surface area contributed by atoms with Gasteiger partial charge in [0.15, 0.2) is 0 Å². The average molecular weight is 943 g/mol. The molecule has 13 rings (SSSR count). The van der Waals surface area contributed by atoms with E-state index < -0.39 is 0 Å². The van der Waals surface area contributed by atoms with E-state index in [9.17, 15) is 0 Å². The third-order valence-corrected chi connectivity index (χ3v) is 23.2. The maximum Gasteiger partial charge on any atom is 0.0357 e. The van der Waals surface area contributed by atoms with E-state index in [2.05, 4.69) is 145 Å². The number of rotatable bonds is 0. The highest BCUT2D eigenvalue weighted by atomic mass is 14.5. The van der Waals surface area contributed by atoms with Gasteiger partial charge in [0.05, 0.1) is 0 Å². The van der Waals surface area contributed by atoms with Crippen LogP contribution in [0.4, 0.5) is 0 Å². The first-order chi connectivity index (χ1) is 34.0. The van der Waals surface area contributed by atoms with Crippen LogP contribution < -0.4 is 0 Å². The van der Waals surface area contributed by atoms with Crippen molar-refractivity contribution in [2.24, 2.45) is 0 Å². The predicted octanol–water partition coefficient (Wildman–Crippen LogP) is 17.1. The molecule has 0 radical (unpaired) electrons. The first-order valence-electron chi connectivity index (χ1n) is 27.8. The molecular weight excluding hydrogens is 865 g/mol. The summed E-state index contributed by atoms with van der Waals surface area (Å²) in [4.78, 5) is 0. The molecule has 0 heterocycles. The Morgan fingerprint density at radius 3 is 0.486 bits per heavy atom. The Morgan fingerprint density at radius 2 is 0.278 bits per heavy atom. The summed E-state index contributed by atoms with van der Waals surface area (Å²) in [6.45, 7) is 51.8. The fraction of sp³-hybridized carbons (Fsp3) is 0.417. The summed E-state index contributed by atoms with van der Waals surface area (Å²) >= 11 is 0. The van der Waals surface area contributed by atoms with Gasteiger partial charge >= 0.3 is 0 Å². The van der Waals surface area contributed by atoms with Gasteiger partial charge in [-0.05, 0) is 418 Å². The van der Waals surface area contributed by atoms with Gasteiger partial charge < -0.3 is 0 Å². The normalized spacial score (nSPS) is 17.9. The lowest BCUT2D eigenvalue weighted by Crippen LogP contribution is -2.33. The highest BCUT2D eigenvalue weighted by Crippen LogP contribution is 2.61. The first kappa shape index (κ1) is 46.3. The van der Waals surface area contributed by atoms with E-state index in [0.29, 0.717) is 0 Å². The van der Waals surface area contributed by atoms with Crippen LogP contribution in [0.5, 0.6) is 0 Å². The van der Waals surface area contributed by atoms with E-state index in [0.717, 1.165) is 38.5 Å². The van der Waals surface area contributed by atoms with Gasteiger partial charge in [-0.3, -0.25) is 0 Å². The highest BCUT2D eigenvalue weighted by Gasteiger charge is 2.47. The van der Waals surface area contributed by atoms with Crippen LogP contribution >= 0.6 is 0 Å². The molecule has 0 nitrogen and oxygen atoms in total. The van der Waals surface area contributed by atoms with E-state index in [1.807, 2.05) is 0 Å². The van der Waals surface area contributed by atoms with Crippen molar-refractivity contribution < 1.29 is 0 Å². The summed E-state index contributed by atoms with van der Waals surface area (Å²) in [6.07, 6.45) is 6.23. The second-order valence-electron chi connectivity index (χ2n) is 25.0. The average Bonchev–Trinajstić information content (AvgIpc) is 3.37. The quantitative estimate of drug-likeness (QED) is 0.142. The van der Waals surface area contributed by atoms with Crippen LogP contribution in [0.3, 0.4) is 0 Å². The second-order valence-corrected chi connectivity index (χ2v) is 25.0. The van der Waals surface area contributed by atoms with E-state index in [-0.39, 0.29) is 17.8 Å². The summed E-state index contributed by atoms with van der Waals surface area (Å²) in [6, 6.07) is 0. The Morgan fingerprint density at radius 1 is 0.139 bits per heavy atom. The lowest BCUT2D eigenvalue weighted by Gasteiger charge is -2.47. The lowest BCUT2D eigenvalue weighted by molar-refractivity contribution is 0.738. The number of fused-ring (bicyclic) bond motifs is 12. The maximum atomic E-state index is 2.62. The zero-order valence-electron chi connectivity index (χ0n) is 48.0. The SMILES string of the molecule is Cc1c(C)c(C)c2c(c1C)Cc1c(C)c(C)c(C)c3c1C2c1c(C)c2c(c(C)c1C3)Cc1c(C)c(C)c(C)c3c1C2c1c(C)c2c(c(C)c1C3)Cc1c(C)c(C)c(C)c3c1C2c1c(C)c(C)c(C)c(C)c1C3. The van der Waals surface area contributed by atoms with Crippen molar-refractivity contribution in [3.8, 4) is 0 Å². The molecule has 0 heteroatoms. The molecule has 0 aliphatic heterocycles. The Balaban J connectivity index is 1.17. The topological polar surface area (TPSA) is 0 Å². The van der Waals surface area contributed by atoms with Crippen molar-refractivity contribution in [2.75, 3.05) is 0 Å². The first-order valence-corrected chi connectivity index (χ1v) is 27.8. The van der Waals surface area contributed by atoms with E-state index in [1.165, 1.54) is 94.6 Å². The summed E-state index contributed by atoms with van der Waals surface area (Å²) in [5.41, 5.74) is 66.3. The fourth-order valence-corrected chi connectivity index (χ4v) is 17.6. The van der Waals surface area contributed by atoms with Gasteiger partial charge in [0.2, 0.25) is 0 Å². The van der Waals surface area contributed by atoms with Crippen LogP contribution in [-0.2, 0) is 38.5 Å². The highest BCUT2D eigenvalue weighted by molar-refractivity contribution is 5.80. The third-order valence-electron chi connectivity index (χ3n) is 23.2. The number of hydrogen-bond donors (Lipinski definition) is 0. The molecule has 2 unspecified atom stereocenters. The Labute approximate surface area is 433 Å². The van der Waals surface area contributed by atoms with Gasteiger partial charge in [-0.15, -0.1) is 0 Å². The minimum Gasteiger partial charge on any atom is -0.0447 e. The Hall–Kier alpha value is -5.46. The van der Waals surface area contributed by atoms with Gasteiger partial charge in [-0.1, -0.05) is 0 Å². The van der Waals surface area contributed by atoms with Gasteiger partial charge in [-0.2, -0.15) is 0 Å². The minimum atomic E-state index is 0.189. The zero-order chi connectivity index (χ0) is 51.2. The van der Waals surface area contributed by atoms with Gasteiger partial charge in [-0.25, -0.2) is 0 Å².